The van der Waals surface area contributed by atoms with Crippen LogP contribution in [0.15, 0.2) is 23.1 Å². The lowest BCUT2D eigenvalue weighted by Gasteiger charge is -2.22. The molecule has 7 nitrogen and oxygen atoms in total. The van der Waals surface area contributed by atoms with Gasteiger partial charge in [-0.1, -0.05) is 6.07 Å². The molecular weight excluding hydrogens is 342 g/mol. The third-order valence-electron chi connectivity index (χ3n) is 3.93. The molecule has 0 unspecified atom stereocenters. The fraction of sp³-hybridized carbons (Fsp3) is 0.588. The van der Waals surface area contributed by atoms with Gasteiger partial charge in [-0.15, -0.1) is 0 Å². The van der Waals surface area contributed by atoms with Crippen molar-refractivity contribution in [3.63, 3.8) is 0 Å². The van der Waals surface area contributed by atoms with Crippen LogP contribution in [0.4, 0.5) is 5.69 Å². The van der Waals surface area contributed by atoms with Crippen molar-refractivity contribution >= 4 is 21.6 Å². The van der Waals surface area contributed by atoms with E-state index in [0.717, 1.165) is 6.42 Å². The summed E-state index contributed by atoms with van der Waals surface area (Å²) in [4.78, 5) is 12.5. The summed E-state index contributed by atoms with van der Waals surface area (Å²) in [7, 11) is -3.69. The zero-order valence-corrected chi connectivity index (χ0v) is 15.9. The fourth-order valence-corrected chi connectivity index (χ4v) is 4.47. The molecule has 1 heterocycles. The minimum absolute atomic E-state index is 0.0976. The average molecular weight is 369 g/mol. The van der Waals surface area contributed by atoms with Gasteiger partial charge in [-0.25, -0.2) is 13.1 Å². The maximum atomic E-state index is 12.6. The van der Waals surface area contributed by atoms with E-state index in [9.17, 15) is 13.2 Å². The van der Waals surface area contributed by atoms with E-state index in [1.807, 2.05) is 0 Å². The average Bonchev–Trinajstić information content (AvgIpc) is 2.95. The zero-order chi connectivity index (χ0) is 18.8. The number of nitrogens with one attached hydrogen (secondary N) is 2. The van der Waals surface area contributed by atoms with Crippen LogP contribution in [0.2, 0.25) is 0 Å². The number of hydrogen-bond acceptors (Lipinski definition) is 5. The number of ether oxygens (including phenoxy) is 1. The topological polar surface area (TPSA) is 111 Å². The largest absolute Gasteiger partial charge is 0.364 e. The van der Waals surface area contributed by atoms with Crippen molar-refractivity contribution in [3.05, 3.63) is 23.8 Å². The Morgan fingerprint density at radius 2 is 2.00 bits per heavy atom. The van der Waals surface area contributed by atoms with Crippen LogP contribution in [0.1, 0.15) is 39.2 Å². The molecule has 1 aliphatic rings. The molecule has 0 aliphatic carbocycles. The second-order valence-corrected chi connectivity index (χ2v) is 8.98. The van der Waals surface area contributed by atoms with Gasteiger partial charge < -0.3 is 15.8 Å². The molecule has 1 aromatic carbocycles. The SMILES string of the molecule is Cc1c(NC(=O)[C@@H]2CC[C@H](CN)O2)cccc1S(=O)(=O)NC(C)(C)C. The van der Waals surface area contributed by atoms with Gasteiger partial charge in [-0.05, 0) is 58.2 Å². The van der Waals surface area contributed by atoms with E-state index in [-0.39, 0.29) is 16.9 Å². The number of anilines is 1. The van der Waals surface area contributed by atoms with Crippen LogP contribution in [0.25, 0.3) is 0 Å². The molecule has 0 aromatic heterocycles. The molecule has 0 radical (unpaired) electrons. The monoisotopic (exact) mass is 369 g/mol. The van der Waals surface area contributed by atoms with Gasteiger partial charge in [0.05, 0.1) is 11.0 Å². The van der Waals surface area contributed by atoms with Crippen LogP contribution in [0.3, 0.4) is 0 Å². The van der Waals surface area contributed by atoms with E-state index in [0.29, 0.717) is 24.2 Å². The molecule has 1 fully saturated rings. The van der Waals surface area contributed by atoms with Gasteiger partial charge in [0.1, 0.15) is 6.10 Å². The number of benzene rings is 1. The van der Waals surface area contributed by atoms with Gasteiger partial charge in [-0.3, -0.25) is 4.79 Å². The summed E-state index contributed by atoms with van der Waals surface area (Å²) in [6, 6.07) is 4.81. The summed E-state index contributed by atoms with van der Waals surface area (Å²) in [6.07, 6.45) is 0.703. The molecule has 0 spiro atoms. The van der Waals surface area contributed by atoms with Crippen molar-refractivity contribution in [2.75, 3.05) is 11.9 Å². The Balaban J connectivity index is 2.20. The Bertz CT molecular complexity index is 741. The normalized spacial score (nSPS) is 21.3. The van der Waals surface area contributed by atoms with Crippen LogP contribution in [-0.2, 0) is 19.6 Å². The number of hydrogen-bond donors (Lipinski definition) is 3. The highest BCUT2D eigenvalue weighted by atomic mass is 32.2. The maximum absolute atomic E-state index is 12.6. The molecule has 8 heteroatoms. The molecule has 1 aromatic rings. The lowest BCUT2D eigenvalue weighted by Crippen LogP contribution is -2.40. The van der Waals surface area contributed by atoms with Gasteiger partial charge >= 0.3 is 0 Å². The van der Waals surface area contributed by atoms with E-state index in [2.05, 4.69) is 10.0 Å². The Hall–Kier alpha value is -1.48. The standard InChI is InChI=1S/C17H27N3O4S/c1-11-13(19-16(21)14-9-8-12(10-18)24-14)6-5-7-15(11)25(22,23)20-17(2,3)4/h5-7,12,14,20H,8-10,18H2,1-4H3,(H,19,21)/t12-,14+/m1/s1. The van der Waals surface area contributed by atoms with E-state index >= 15 is 0 Å². The number of carbonyl (C=O) groups excluding carboxylic acids is 1. The van der Waals surface area contributed by atoms with Crippen molar-refractivity contribution < 1.29 is 17.9 Å². The minimum atomic E-state index is -3.69. The molecule has 2 rings (SSSR count). The van der Waals surface area contributed by atoms with Crippen LogP contribution in [-0.4, -0.2) is 38.6 Å². The molecular formula is C17H27N3O4S. The van der Waals surface area contributed by atoms with E-state index in [1.54, 1.807) is 39.8 Å². The van der Waals surface area contributed by atoms with E-state index in [1.165, 1.54) is 6.07 Å². The molecule has 1 saturated heterocycles. The van der Waals surface area contributed by atoms with Crippen molar-refractivity contribution in [2.24, 2.45) is 5.73 Å². The number of amides is 1. The molecule has 140 valence electrons. The second kappa shape index (κ2) is 7.41. The quantitative estimate of drug-likeness (QED) is 0.729. The predicted molar refractivity (Wildman–Crippen MR) is 96.8 cm³/mol. The second-order valence-electron chi connectivity index (χ2n) is 7.33. The molecule has 4 N–H and O–H groups in total. The molecule has 0 saturated carbocycles. The summed E-state index contributed by atoms with van der Waals surface area (Å²) in [6.45, 7) is 7.38. The van der Waals surface area contributed by atoms with Crippen molar-refractivity contribution in [1.82, 2.24) is 4.72 Å². The Morgan fingerprint density at radius 1 is 1.32 bits per heavy atom. The van der Waals surface area contributed by atoms with Crippen molar-refractivity contribution in [2.45, 2.75) is 63.2 Å². The Morgan fingerprint density at radius 3 is 2.56 bits per heavy atom. The molecule has 2 atom stereocenters. The molecule has 1 amide bonds. The van der Waals surface area contributed by atoms with Crippen LogP contribution >= 0.6 is 0 Å². The molecule has 25 heavy (non-hydrogen) atoms. The summed E-state index contributed by atoms with van der Waals surface area (Å²) < 4.78 is 33.4. The molecule has 1 aliphatic heterocycles. The number of carbonyl (C=O) groups is 1. The third-order valence-corrected chi connectivity index (χ3v) is 5.84. The van der Waals surface area contributed by atoms with Gasteiger partial charge in [0.25, 0.3) is 5.91 Å². The summed E-state index contributed by atoms with van der Waals surface area (Å²) in [5.74, 6) is -0.280. The summed E-state index contributed by atoms with van der Waals surface area (Å²) >= 11 is 0. The predicted octanol–water partition coefficient (Wildman–Crippen LogP) is 1.52. The Kier molecular flexibility index (Phi) is 5.88. The van der Waals surface area contributed by atoms with Crippen molar-refractivity contribution in [3.8, 4) is 0 Å². The highest BCUT2D eigenvalue weighted by Crippen LogP contribution is 2.26. The first-order chi connectivity index (χ1) is 11.5. The van der Waals surface area contributed by atoms with Crippen molar-refractivity contribution in [1.29, 1.82) is 0 Å². The molecule has 0 bridgehead atoms. The lowest BCUT2D eigenvalue weighted by atomic mass is 10.1. The number of nitrogens with two attached hydrogens (primary N) is 1. The van der Waals surface area contributed by atoms with Crippen LogP contribution in [0.5, 0.6) is 0 Å². The van der Waals surface area contributed by atoms with Gasteiger partial charge in [0.15, 0.2) is 0 Å². The smallest absolute Gasteiger partial charge is 0.253 e. The highest BCUT2D eigenvalue weighted by molar-refractivity contribution is 7.89. The first kappa shape index (κ1) is 19.8. The minimum Gasteiger partial charge on any atom is -0.364 e. The number of sulfonamides is 1. The van der Waals surface area contributed by atoms with Gasteiger partial charge in [0.2, 0.25) is 10.0 Å². The lowest BCUT2D eigenvalue weighted by molar-refractivity contribution is -0.126. The van der Waals surface area contributed by atoms with Gasteiger partial charge in [0, 0.05) is 17.8 Å². The number of rotatable bonds is 5. The van der Waals surface area contributed by atoms with Crippen LogP contribution in [0, 0.1) is 6.92 Å². The maximum Gasteiger partial charge on any atom is 0.253 e. The van der Waals surface area contributed by atoms with Crippen LogP contribution < -0.4 is 15.8 Å². The Labute approximate surface area is 149 Å². The van der Waals surface area contributed by atoms with E-state index < -0.39 is 21.7 Å². The first-order valence-electron chi connectivity index (χ1n) is 8.33. The summed E-state index contributed by atoms with van der Waals surface area (Å²) in [5, 5.41) is 2.78. The fourth-order valence-electron chi connectivity index (χ4n) is 2.78. The zero-order valence-electron chi connectivity index (χ0n) is 15.1. The first-order valence-corrected chi connectivity index (χ1v) is 9.82. The van der Waals surface area contributed by atoms with E-state index in [4.69, 9.17) is 10.5 Å². The third kappa shape index (κ3) is 5.01. The summed E-state index contributed by atoms with van der Waals surface area (Å²) in [5.41, 5.74) is 5.91. The van der Waals surface area contributed by atoms with Gasteiger partial charge in [-0.2, -0.15) is 0 Å². The highest BCUT2D eigenvalue weighted by Gasteiger charge is 2.30.